The third-order valence-corrected chi connectivity index (χ3v) is 3.53. The maximum atomic E-state index is 12.6. The lowest BCUT2D eigenvalue weighted by Gasteiger charge is -2.28. The fourth-order valence-electron chi connectivity index (χ4n) is 2.61. The number of amides is 1. The third-order valence-electron chi connectivity index (χ3n) is 3.53. The van der Waals surface area contributed by atoms with Gasteiger partial charge in [-0.1, -0.05) is 29.8 Å². The van der Waals surface area contributed by atoms with Gasteiger partial charge in [-0.3, -0.25) is 9.69 Å². The van der Waals surface area contributed by atoms with Crippen molar-refractivity contribution in [1.29, 1.82) is 0 Å². The van der Waals surface area contributed by atoms with E-state index in [1.165, 1.54) is 5.56 Å². The van der Waals surface area contributed by atoms with Crippen LogP contribution in [0.5, 0.6) is 0 Å². The van der Waals surface area contributed by atoms with Crippen LogP contribution < -0.4 is 0 Å². The molecule has 0 saturated carbocycles. The van der Waals surface area contributed by atoms with Gasteiger partial charge in [0, 0.05) is 13.1 Å². The lowest BCUT2D eigenvalue weighted by atomic mass is 10.0. The molecule has 3 heteroatoms. The van der Waals surface area contributed by atoms with E-state index in [9.17, 15) is 4.79 Å². The van der Waals surface area contributed by atoms with Crippen molar-refractivity contribution in [2.45, 2.75) is 25.8 Å². The Balaban J connectivity index is 2.25. The van der Waals surface area contributed by atoms with E-state index in [2.05, 4.69) is 19.1 Å². The molecule has 1 aliphatic rings. The molecule has 0 radical (unpaired) electrons. The number of nitrogens with zero attached hydrogens (tertiary/aromatic N) is 2. The molecule has 1 heterocycles. The van der Waals surface area contributed by atoms with E-state index in [0.717, 1.165) is 31.5 Å². The summed E-state index contributed by atoms with van der Waals surface area (Å²) in [6.45, 7) is 3.89. The highest BCUT2D eigenvalue weighted by Gasteiger charge is 2.29. The second-order valence-corrected chi connectivity index (χ2v) is 5.31. The number of rotatable bonds is 3. The van der Waals surface area contributed by atoms with Gasteiger partial charge < -0.3 is 4.90 Å². The first kappa shape index (κ1) is 13.1. The molecule has 0 unspecified atom stereocenters. The van der Waals surface area contributed by atoms with Gasteiger partial charge in [0.2, 0.25) is 5.91 Å². The molecule has 0 spiro atoms. The Hall–Kier alpha value is -1.35. The molecule has 1 aromatic carbocycles. The lowest BCUT2D eigenvalue weighted by molar-refractivity contribution is -0.135. The van der Waals surface area contributed by atoms with Gasteiger partial charge in [0.25, 0.3) is 0 Å². The number of hydrogen-bond donors (Lipinski definition) is 0. The van der Waals surface area contributed by atoms with Gasteiger partial charge in [0.05, 0.1) is 0 Å². The van der Waals surface area contributed by atoms with Crippen LogP contribution in [-0.4, -0.2) is 42.9 Å². The van der Waals surface area contributed by atoms with Crippen molar-refractivity contribution in [3.63, 3.8) is 0 Å². The molecular formula is C15H22N2O. The normalized spacial score (nSPS) is 17.2. The van der Waals surface area contributed by atoms with Crippen LogP contribution in [0.15, 0.2) is 24.3 Å². The van der Waals surface area contributed by atoms with E-state index in [0.29, 0.717) is 0 Å². The van der Waals surface area contributed by atoms with Crippen LogP contribution in [0.3, 0.4) is 0 Å². The van der Waals surface area contributed by atoms with E-state index >= 15 is 0 Å². The summed E-state index contributed by atoms with van der Waals surface area (Å²) in [5, 5.41) is 0. The van der Waals surface area contributed by atoms with Gasteiger partial charge in [-0.05, 0) is 39.4 Å². The summed E-state index contributed by atoms with van der Waals surface area (Å²) >= 11 is 0. The van der Waals surface area contributed by atoms with Crippen LogP contribution >= 0.6 is 0 Å². The summed E-state index contributed by atoms with van der Waals surface area (Å²) in [5.41, 5.74) is 2.30. The monoisotopic (exact) mass is 246 g/mol. The molecule has 1 atom stereocenters. The second-order valence-electron chi connectivity index (χ2n) is 5.31. The Kier molecular flexibility index (Phi) is 4.02. The molecule has 98 valence electrons. The molecule has 1 aromatic rings. The summed E-state index contributed by atoms with van der Waals surface area (Å²) in [4.78, 5) is 16.6. The number of benzene rings is 1. The molecule has 3 nitrogen and oxygen atoms in total. The fraction of sp³-hybridized carbons (Fsp3) is 0.533. The SMILES string of the molecule is Cc1cccc([C@@H](C(=O)N2CCCC2)N(C)C)c1. The standard InChI is InChI=1S/C15H22N2O/c1-12-7-6-8-13(11-12)14(16(2)3)15(18)17-9-4-5-10-17/h6-8,11,14H,4-5,9-10H2,1-3H3/t14-/m0/s1. The second kappa shape index (κ2) is 5.53. The van der Waals surface area contributed by atoms with Crippen molar-refractivity contribution in [2.75, 3.05) is 27.2 Å². The first-order valence-corrected chi connectivity index (χ1v) is 6.61. The van der Waals surface area contributed by atoms with Crippen LogP contribution in [-0.2, 0) is 4.79 Å². The van der Waals surface area contributed by atoms with Crippen LogP contribution in [0.2, 0.25) is 0 Å². The maximum Gasteiger partial charge on any atom is 0.244 e. The van der Waals surface area contributed by atoms with E-state index < -0.39 is 0 Å². The molecule has 1 amide bonds. The maximum absolute atomic E-state index is 12.6. The van der Waals surface area contributed by atoms with Crippen molar-refractivity contribution < 1.29 is 4.79 Å². The number of aryl methyl sites for hydroxylation is 1. The lowest BCUT2D eigenvalue weighted by Crippen LogP contribution is -2.38. The van der Waals surface area contributed by atoms with Gasteiger partial charge >= 0.3 is 0 Å². The van der Waals surface area contributed by atoms with Gasteiger partial charge in [-0.2, -0.15) is 0 Å². The average Bonchev–Trinajstić information content (AvgIpc) is 2.82. The number of hydrogen-bond acceptors (Lipinski definition) is 2. The molecular weight excluding hydrogens is 224 g/mol. The summed E-state index contributed by atoms with van der Waals surface area (Å²) < 4.78 is 0. The van der Waals surface area contributed by atoms with Crippen molar-refractivity contribution in [2.24, 2.45) is 0 Å². The molecule has 0 aromatic heterocycles. The molecule has 18 heavy (non-hydrogen) atoms. The molecule has 1 aliphatic heterocycles. The minimum absolute atomic E-state index is 0.150. The predicted molar refractivity (Wildman–Crippen MR) is 73.4 cm³/mol. The number of carbonyl (C=O) groups excluding carboxylic acids is 1. The first-order chi connectivity index (χ1) is 8.59. The summed E-state index contributed by atoms with van der Waals surface area (Å²) in [7, 11) is 3.95. The predicted octanol–water partition coefficient (Wildman–Crippen LogP) is 2.22. The highest BCUT2D eigenvalue weighted by molar-refractivity contribution is 5.83. The number of carbonyl (C=O) groups is 1. The Morgan fingerprint density at radius 3 is 2.50 bits per heavy atom. The van der Waals surface area contributed by atoms with E-state index in [1.807, 2.05) is 36.0 Å². The first-order valence-electron chi connectivity index (χ1n) is 6.61. The van der Waals surface area contributed by atoms with Crippen molar-refractivity contribution in [1.82, 2.24) is 9.80 Å². The topological polar surface area (TPSA) is 23.6 Å². The average molecular weight is 246 g/mol. The van der Waals surface area contributed by atoms with Gasteiger partial charge in [0.1, 0.15) is 6.04 Å². The van der Waals surface area contributed by atoms with Crippen molar-refractivity contribution in [3.8, 4) is 0 Å². The van der Waals surface area contributed by atoms with E-state index in [4.69, 9.17) is 0 Å². The van der Waals surface area contributed by atoms with Crippen LogP contribution in [0.1, 0.15) is 30.0 Å². The molecule has 2 rings (SSSR count). The highest BCUT2D eigenvalue weighted by atomic mass is 16.2. The molecule has 0 N–H and O–H groups in total. The zero-order valence-corrected chi connectivity index (χ0v) is 11.5. The van der Waals surface area contributed by atoms with Crippen molar-refractivity contribution >= 4 is 5.91 Å². The van der Waals surface area contributed by atoms with Gasteiger partial charge in [-0.25, -0.2) is 0 Å². The van der Waals surface area contributed by atoms with Crippen LogP contribution in [0.4, 0.5) is 0 Å². The minimum atomic E-state index is -0.150. The smallest absolute Gasteiger partial charge is 0.244 e. The summed E-state index contributed by atoms with van der Waals surface area (Å²) in [5.74, 6) is 0.239. The Morgan fingerprint density at radius 2 is 1.94 bits per heavy atom. The van der Waals surface area contributed by atoms with Gasteiger partial charge in [-0.15, -0.1) is 0 Å². The Morgan fingerprint density at radius 1 is 1.28 bits per heavy atom. The fourth-order valence-corrected chi connectivity index (χ4v) is 2.61. The Bertz CT molecular complexity index is 422. The van der Waals surface area contributed by atoms with Crippen LogP contribution in [0.25, 0.3) is 0 Å². The summed E-state index contributed by atoms with van der Waals surface area (Å²) in [6.07, 6.45) is 2.28. The van der Waals surface area contributed by atoms with E-state index in [-0.39, 0.29) is 11.9 Å². The third kappa shape index (κ3) is 2.72. The molecule has 1 saturated heterocycles. The largest absolute Gasteiger partial charge is 0.341 e. The molecule has 0 aliphatic carbocycles. The Labute approximate surface area is 109 Å². The van der Waals surface area contributed by atoms with Gasteiger partial charge in [0.15, 0.2) is 0 Å². The quantitative estimate of drug-likeness (QED) is 0.816. The summed E-state index contributed by atoms with van der Waals surface area (Å²) in [6, 6.07) is 8.10. The number of likely N-dealkylation sites (tertiary alicyclic amines) is 1. The van der Waals surface area contributed by atoms with Crippen LogP contribution in [0, 0.1) is 6.92 Å². The van der Waals surface area contributed by atoms with E-state index in [1.54, 1.807) is 0 Å². The zero-order chi connectivity index (χ0) is 13.1. The molecule has 0 bridgehead atoms. The highest BCUT2D eigenvalue weighted by Crippen LogP contribution is 2.23. The number of likely N-dealkylation sites (N-methyl/N-ethyl adjacent to an activating group) is 1. The molecule has 1 fully saturated rings. The van der Waals surface area contributed by atoms with Crippen molar-refractivity contribution in [3.05, 3.63) is 35.4 Å². The zero-order valence-electron chi connectivity index (χ0n) is 11.5. The minimum Gasteiger partial charge on any atom is -0.341 e.